The van der Waals surface area contributed by atoms with Crippen molar-refractivity contribution in [2.45, 2.75) is 31.8 Å². The van der Waals surface area contributed by atoms with Crippen molar-refractivity contribution in [2.24, 2.45) is 0 Å². The monoisotopic (exact) mass is 384 g/mol. The molecule has 0 bridgehead atoms. The zero-order valence-corrected chi connectivity index (χ0v) is 16.7. The first kappa shape index (κ1) is 19.2. The average Bonchev–Trinajstić information content (AvgIpc) is 3.05. The minimum atomic E-state index is -0.159. The summed E-state index contributed by atoms with van der Waals surface area (Å²) in [4.78, 5) is 34.9. The lowest BCUT2D eigenvalue weighted by atomic mass is 10.3. The summed E-state index contributed by atoms with van der Waals surface area (Å²) in [6, 6.07) is 11.2. The number of benzene rings is 1. The molecule has 1 aromatic carbocycles. The van der Waals surface area contributed by atoms with Crippen molar-refractivity contribution < 1.29 is 4.79 Å². The number of carbonyl (C=O) groups is 1. The SMILES string of the molecule is CCCCN(C)C(=O)CSc1nc2cc(C)[nH]c2c(=O)n1-c1ccccc1. The summed E-state index contributed by atoms with van der Waals surface area (Å²) < 4.78 is 1.57. The first-order valence-corrected chi connectivity index (χ1v) is 10.0. The summed E-state index contributed by atoms with van der Waals surface area (Å²) in [5.74, 6) is 0.279. The number of amides is 1. The summed E-state index contributed by atoms with van der Waals surface area (Å²) in [6.07, 6.45) is 2.03. The molecule has 0 saturated carbocycles. The molecule has 0 fully saturated rings. The average molecular weight is 385 g/mol. The summed E-state index contributed by atoms with van der Waals surface area (Å²) in [6.45, 7) is 4.74. The van der Waals surface area contributed by atoms with Gasteiger partial charge < -0.3 is 9.88 Å². The van der Waals surface area contributed by atoms with Gasteiger partial charge in [-0.15, -0.1) is 0 Å². The molecule has 3 rings (SSSR count). The molecule has 6 nitrogen and oxygen atoms in total. The van der Waals surface area contributed by atoms with E-state index in [1.54, 1.807) is 9.47 Å². The Labute approximate surface area is 162 Å². The first-order valence-electron chi connectivity index (χ1n) is 9.05. The van der Waals surface area contributed by atoms with Gasteiger partial charge >= 0.3 is 0 Å². The van der Waals surface area contributed by atoms with Crippen molar-refractivity contribution in [3.8, 4) is 5.69 Å². The predicted octanol–water partition coefficient (Wildman–Crippen LogP) is 3.37. The van der Waals surface area contributed by atoms with E-state index in [1.807, 2.05) is 50.4 Å². The Kier molecular flexibility index (Phi) is 6.01. The van der Waals surface area contributed by atoms with Gasteiger partial charge in [0.15, 0.2) is 5.16 Å². The number of H-pyrrole nitrogens is 1. The fourth-order valence-corrected chi connectivity index (χ4v) is 3.79. The molecule has 0 aliphatic carbocycles. The Hall–Kier alpha value is -2.54. The smallest absolute Gasteiger partial charge is 0.283 e. The molecule has 0 aliphatic rings. The molecule has 3 aromatic rings. The van der Waals surface area contributed by atoms with Crippen LogP contribution in [0.3, 0.4) is 0 Å². The van der Waals surface area contributed by atoms with E-state index in [1.165, 1.54) is 11.8 Å². The van der Waals surface area contributed by atoms with Crippen LogP contribution in [0.2, 0.25) is 0 Å². The molecule has 0 saturated heterocycles. The van der Waals surface area contributed by atoms with Gasteiger partial charge in [0.2, 0.25) is 5.91 Å². The third-order valence-corrected chi connectivity index (χ3v) is 5.29. The van der Waals surface area contributed by atoms with Crippen molar-refractivity contribution >= 4 is 28.7 Å². The number of para-hydroxylation sites is 1. The van der Waals surface area contributed by atoms with Crippen molar-refractivity contribution in [3.05, 3.63) is 52.4 Å². The predicted molar refractivity (Wildman–Crippen MR) is 110 cm³/mol. The fourth-order valence-electron chi connectivity index (χ4n) is 2.84. The Bertz CT molecular complexity index is 994. The van der Waals surface area contributed by atoms with Gasteiger partial charge in [-0.05, 0) is 31.5 Å². The van der Waals surface area contributed by atoms with Crippen molar-refractivity contribution in [1.82, 2.24) is 19.4 Å². The van der Waals surface area contributed by atoms with Gasteiger partial charge in [-0.2, -0.15) is 0 Å². The molecule has 27 heavy (non-hydrogen) atoms. The maximum atomic E-state index is 13.1. The summed E-state index contributed by atoms with van der Waals surface area (Å²) in [7, 11) is 1.81. The fraction of sp³-hybridized carbons (Fsp3) is 0.350. The topological polar surface area (TPSA) is 71.0 Å². The Morgan fingerprint density at radius 2 is 2.04 bits per heavy atom. The molecular formula is C20H24N4O2S. The second-order valence-corrected chi connectivity index (χ2v) is 7.48. The van der Waals surface area contributed by atoms with Crippen LogP contribution in [0.4, 0.5) is 0 Å². The van der Waals surface area contributed by atoms with Gasteiger partial charge in [0, 0.05) is 19.3 Å². The van der Waals surface area contributed by atoms with E-state index in [2.05, 4.69) is 16.9 Å². The van der Waals surface area contributed by atoms with Crippen LogP contribution in [0.25, 0.3) is 16.7 Å². The summed E-state index contributed by atoms with van der Waals surface area (Å²) in [5.41, 5.74) is 2.56. The molecule has 2 heterocycles. The molecule has 0 radical (unpaired) electrons. The highest BCUT2D eigenvalue weighted by molar-refractivity contribution is 7.99. The van der Waals surface area contributed by atoms with Crippen molar-refractivity contribution in [1.29, 1.82) is 0 Å². The molecule has 1 amide bonds. The molecule has 2 aromatic heterocycles. The van der Waals surface area contributed by atoms with Crippen LogP contribution in [0.1, 0.15) is 25.5 Å². The van der Waals surface area contributed by atoms with Gasteiger partial charge in [-0.25, -0.2) is 4.98 Å². The molecule has 0 unspecified atom stereocenters. The number of aromatic amines is 1. The molecule has 0 atom stereocenters. The highest BCUT2D eigenvalue weighted by Crippen LogP contribution is 2.22. The zero-order chi connectivity index (χ0) is 19.4. The number of hydrogen-bond donors (Lipinski definition) is 1. The number of hydrogen-bond acceptors (Lipinski definition) is 4. The van der Waals surface area contributed by atoms with Crippen LogP contribution >= 0.6 is 11.8 Å². The number of nitrogens with zero attached hydrogens (tertiary/aromatic N) is 3. The van der Waals surface area contributed by atoms with E-state index >= 15 is 0 Å². The number of nitrogens with one attached hydrogen (secondary N) is 1. The Morgan fingerprint density at radius 1 is 1.30 bits per heavy atom. The minimum Gasteiger partial charge on any atom is -0.353 e. The van der Waals surface area contributed by atoms with Crippen molar-refractivity contribution in [2.75, 3.05) is 19.3 Å². The summed E-state index contributed by atoms with van der Waals surface area (Å²) >= 11 is 1.30. The number of thioether (sulfide) groups is 1. The number of aromatic nitrogens is 3. The molecule has 0 spiro atoms. The second kappa shape index (κ2) is 8.43. The first-order chi connectivity index (χ1) is 13.0. The highest BCUT2D eigenvalue weighted by atomic mass is 32.2. The van der Waals surface area contributed by atoms with E-state index in [0.29, 0.717) is 16.2 Å². The number of fused-ring (bicyclic) bond motifs is 1. The highest BCUT2D eigenvalue weighted by Gasteiger charge is 2.17. The quantitative estimate of drug-likeness (QED) is 0.501. The van der Waals surface area contributed by atoms with Gasteiger partial charge in [-0.1, -0.05) is 43.3 Å². The molecule has 7 heteroatoms. The Balaban J connectivity index is 1.96. The third kappa shape index (κ3) is 4.24. The second-order valence-electron chi connectivity index (χ2n) is 6.54. The maximum Gasteiger partial charge on any atom is 0.283 e. The van der Waals surface area contributed by atoms with E-state index in [-0.39, 0.29) is 17.2 Å². The number of unbranched alkanes of at least 4 members (excludes halogenated alkanes) is 1. The van der Waals surface area contributed by atoms with Gasteiger partial charge in [0.25, 0.3) is 5.56 Å². The number of rotatable bonds is 7. The summed E-state index contributed by atoms with van der Waals surface area (Å²) in [5, 5.41) is 0.523. The number of aryl methyl sites for hydroxylation is 1. The third-order valence-electron chi connectivity index (χ3n) is 4.37. The van der Waals surface area contributed by atoms with Crippen LogP contribution in [0, 0.1) is 6.92 Å². The van der Waals surface area contributed by atoms with Gasteiger partial charge in [0.1, 0.15) is 5.52 Å². The maximum absolute atomic E-state index is 13.1. The molecule has 0 aliphatic heterocycles. The van der Waals surface area contributed by atoms with E-state index in [0.717, 1.165) is 30.8 Å². The zero-order valence-electron chi connectivity index (χ0n) is 15.9. The normalized spacial score (nSPS) is 11.1. The van der Waals surface area contributed by atoms with Crippen molar-refractivity contribution in [3.63, 3.8) is 0 Å². The van der Waals surface area contributed by atoms with Crippen LogP contribution in [0.5, 0.6) is 0 Å². The van der Waals surface area contributed by atoms with Crippen LogP contribution in [-0.4, -0.2) is 44.7 Å². The Morgan fingerprint density at radius 3 is 2.74 bits per heavy atom. The number of carbonyl (C=O) groups excluding carboxylic acids is 1. The lowest BCUT2D eigenvalue weighted by molar-refractivity contribution is -0.127. The largest absolute Gasteiger partial charge is 0.353 e. The van der Waals surface area contributed by atoms with E-state index in [9.17, 15) is 9.59 Å². The molecule has 142 valence electrons. The standard InChI is InChI=1S/C20H24N4O2S/c1-4-5-11-23(3)17(25)13-27-20-22-16-12-14(2)21-18(16)19(26)24(20)15-9-7-6-8-10-15/h6-10,12,21H,4-5,11,13H2,1-3H3. The molecule has 1 N–H and O–H groups in total. The van der Waals surface area contributed by atoms with Gasteiger partial charge in [0.05, 0.1) is 17.0 Å². The van der Waals surface area contributed by atoms with Crippen LogP contribution < -0.4 is 5.56 Å². The van der Waals surface area contributed by atoms with E-state index in [4.69, 9.17) is 0 Å². The minimum absolute atomic E-state index is 0.0349. The van der Waals surface area contributed by atoms with E-state index < -0.39 is 0 Å². The lowest BCUT2D eigenvalue weighted by Gasteiger charge is -2.17. The lowest BCUT2D eigenvalue weighted by Crippen LogP contribution is -2.29. The molecular weight excluding hydrogens is 360 g/mol. The van der Waals surface area contributed by atoms with Crippen LogP contribution in [-0.2, 0) is 4.79 Å². The van der Waals surface area contributed by atoms with Gasteiger partial charge in [-0.3, -0.25) is 14.2 Å². The van der Waals surface area contributed by atoms with Crippen LogP contribution in [0.15, 0.2) is 46.3 Å².